The Balaban J connectivity index is 1.92. The summed E-state index contributed by atoms with van der Waals surface area (Å²) in [5.41, 5.74) is 2.70. The summed E-state index contributed by atoms with van der Waals surface area (Å²) >= 11 is 1.60. The van der Waals surface area contributed by atoms with Gasteiger partial charge in [0.25, 0.3) is 5.91 Å². The summed E-state index contributed by atoms with van der Waals surface area (Å²) in [5, 5.41) is 6.13. The number of hydrogen-bond donors (Lipinski definition) is 1. The normalized spacial score (nSPS) is 12.1. The molecule has 0 saturated carbocycles. The van der Waals surface area contributed by atoms with Crippen LogP contribution >= 0.6 is 11.3 Å². The molecular formula is C21H29N3O2S. The van der Waals surface area contributed by atoms with Crippen molar-refractivity contribution < 1.29 is 9.59 Å². The molecule has 0 saturated heterocycles. The predicted molar refractivity (Wildman–Crippen MR) is 110 cm³/mol. The second-order valence-corrected chi connectivity index (χ2v) is 8.36. The molecule has 2 rings (SSSR count). The van der Waals surface area contributed by atoms with E-state index in [-0.39, 0.29) is 17.9 Å². The van der Waals surface area contributed by atoms with Gasteiger partial charge in [-0.2, -0.15) is 0 Å². The van der Waals surface area contributed by atoms with Crippen molar-refractivity contribution in [2.45, 2.75) is 46.1 Å². The lowest BCUT2D eigenvalue weighted by atomic mass is 10.0. The van der Waals surface area contributed by atoms with Crippen molar-refractivity contribution in [3.05, 3.63) is 51.5 Å². The topological polar surface area (TPSA) is 62.3 Å². The van der Waals surface area contributed by atoms with Crippen LogP contribution in [0.25, 0.3) is 0 Å². The van der Waals surface area contributed by atoms with Gasteiger partial charge in [0.15, 0.2) is 0 Å². The first kappa shape index (κ1) is 21.1. The Morgan fingerprint density at radius 2 is 1.85 bits per heavy atom. The fourth-order valence-electron chi connectivity index (χ4n) is 2.82. The lowest BCUT2D eigenvalue weighted by Gasteiger charge is -2.18. The molecule has 2 aromatic rings. The lowest BCUT2D eigenvalue weighted by molar-refractivity contribution is -0.121. The Bertz CT molecular complexity index is 766. The summed E-state index contributed by atoms with van der Waals surface area (Å²) in [4.78, 5) is 30.5. The molecule has 0 aliphatic rings. The minimum atomic E-state index is -0.0312. The zero-order valence-corrected chi connectivity index (χ0v) is 17.6. The molecule has 27 heavy (non-hydrogen) atoms. The molecule has 1 atom stereocenters. The molecule has 1 heterocycles. The monoisotopic (exact) mass is 387 g/mol. The first-order valence-electron chi connectivity index (χ1n) is 9.28. The lowest BCUT2D eigenvalue weighted by Crippen LogP contribution is -2.29. The molecule has 0 radical (unpaired) electrons. The quantitative estimate of drug-likeness (QED) is 0.745. The Morgan fingerprint density at radius 3 is 2.37 bits per heavy atom. The fraction of sp³-hybridized carbons (Fsp3) is 0.476. The van der Waals surface area contributed by atoms with E-state index in [0.717, 1.165) is 22.7 Å². The summed E-state index contributed by atoms with van der Waals surface area (Å²) in [6.45, 7) is 6.27. The molecule has 0 fully saturated rings. The zero-order valence-electron chi connectivity index (χ0n) is 16.8. The van der Waals surface area contributed by atoms with Gasteiger partial charge in [0.05, 0.1) is 6.04 Å². The Labute approximate surface area is 165 Å². The van der Waals surface area contributed by atoms with E-state index < -0.39 is 0 Å². The molecule has 0 aliphatic heterocycles. The van der Waals surface area contributed by atoms with Gasteiger partial charge in [-0.05, 0) is 43.4 Å². The summed E-state index contributed by atoms with van der Waals surface area (Å²) in [7, 11) is 3.47. The minimum Gasteiger partial charge on any atom is -0.347 e. The van der Waals surface area contributed by atoms with E-state index in [9.17, 15) is 9.59 Å². The van der Waals surface area contributed by atoms with Crippen molar-refractivity contribution in [2.24, 2.45) is 5.92 Å². The van der Waals surface area contributed by atoms with Crippen molar-refractivity contribution in [3.63, 3.8) is 0 Å². The number of thiazole rings is 1. The van der Waals surface area contributed by atoms with Crippen molar-refractivity contribution in [1.29, 1.82) is 0 Å². The van der Waals surface area contributed by atoms with Crippen LogP contribution < -0.4 is 5.32 Å². The SMILES string of the molecule is Cc1csc(C(CC(C)C)NC(=O)CCc2ccc(C(=O)N(C)C)cc2)n1. The van der Waals surface area contributed by atoms with Crippen molar-refractivity contribution >= 4 is 23.2 Å². The van der Waals surface area contributed by atoms with Gasteiger partial charge >= 0.3 is 0 Å². The third kappa shape index (κ3) is 6.47. The minimum absolute atomic E-state index is 0.0189. The fourth-order valence-corrected chi connectivity index (χ4v) is 3.68. The van der Waals surface area contributed by atoms with E-state index in [1.54, 1.807) is 30.3 Å². The number of nitrogens with zero attached hydrogens (tertiary/aromatic N) is 2. The zero-order chi connectivity index (χ0) is 20.0. The molecule has 146 valence electrons. The summed E-state index contributed by atoms with van der Waals surface area (Å²) < 4.78 is 0. The van der Waals surface area contributed by atoms with E-state index in [0.29, 0.717) is 24.3 Å². The number of amides is 2. The molecule has 6 heteroatoms. The van der Waals surface area contributed by atoms with Crippen molar-refractivity contribution in [1.82, 2.24) is 15.2 Å². The molecule has 1 unspecified atom stereocenters. The highest BCUT2D eigenvalue weighted by atomic mass is 32.1. The first-order valence-corrected chi connectivity index (χ1v) is 10.2. The maximum absolute atomic E-state index is 12.5. The van der Waals surface area contributed by atoms with Crippen LogP contribution in [0.4, 0.5) is 0 Å². The Kier molecular flexibility index (Phi) is 7.54. The van der Waals surface area contributed by atoms with Crippen LogP contribution in [0.3, 0.4) is 0 Å². The Hall–Kier alpha value is -2.21. The van der Waals surface area contributed by atoms with Crippen molar-refractivity contribution in [3.8, 4) is 0 Å². The second kappa shape index (κ2) is 9.65. The molecule has 0 bridgehead atoms. The van der Waals surface area contributed by atoms with Crippen LogP contribution in [0, 0.1) is 12.8 Å². The Morgan fingerprint density at radius 1 is 1.19 bits per heavy atom. The number of nitrogens with one attached hydrogen (secondary N) is 1. The van der Waals surface area contributed by atoms with E-state index in [1.807, 2.05) is 36.6 Å². The molecule has 0 spiro atoms. The summed E-state index contributed by atoms with van der Waals surface area (Å²) in [6.07, 6.45) is 1.94. The molecular weight excluding hydrogens is 358 g/mol. The smallest absolute Gasteiger partial charge is 0.253 e. The van der Waals surface area contributed by atoms with Gasteiger partial charge in [0.2, 0.25) is 5.91 Å². The van der Waals surface area contributed by atoms with E-state index in [2.05, 4.69) is 24.1 Å². The molecule has 1 aromatic heterocycles. The van der Waals surface area contributed by atoms with Gasteiger partial charge in [-0.1, -0.05) is 26.0 Å². The van der Waals surface area contributed by atoms with Crippen LogP contribution in [0.2, 0.25) is 0 Å². The van der Waals surface area contributed by atoms with Crippen LogP contribution in [0.5, 0.6) is 0 Å². The molecule has 5 nitrogen and oxygen atoms in total. The summed E-state index contributed by atoms with van der Waals surface area (Å²) in [5.74, 6) is 0.484. The number of carbonyl (C=O) groups excluding carboxylic acids is 2. The maximum Gasteiger partial charge on any atom is 0.253 e. The van der Waals surface area contributed by atoms with Gasteiger partial charge < -0.3 is 10.2 Å². The number of hydrogen-bond acceptors (Lipinski definition) is 4. The number of carbonyl (C=O) groups is 2. The average Bonchev–Trinajstić information content (AvgIpc) is 3.05. The van der Waals surface area contributed by atoms with Gasteiger partial charge in [-0.15, -0.1) is 11.3 Å². The van der Waals surface area contributed by atoms with Crippen LogP contribution in [0.1, 0.15) is 59.4 Å². The number of aromatic nitrogens is 1. The van der Waals surface area contributed by atoms with Crippen LogP contribution in [-0.2, 0) is 11.2 Å². The third-order valence-electron chi connectivity index (χ3n) is 4.22. The van der Waals surface area contributed by atoms with E-state index in [4.69, 9.17) is 0 Å². The highest BCUT2D eigenvalue weighted by molar-refractivity contribution is 7.09. The second-order valence-electron chi connectivity index (χ2n) is 7.47. The number of benzene rings is 1. The molecule has 2 amide bonds. The standard InChI is InChI=1S/C21H29N3O2S/c1-14(2)12-18(20-22-15(3)13-27-20)23-19(25)11-8-16-6-9-17(10-7-16)21(26)24(4)5/h6-7,9-10,13-14,18H,8,11-12H2,1-5H3,(H,23,25). The number of aryl methyl sites for hydroxylation is 2. The van der Waals surface area contributed by atoms with Gasteiger partial charge in [-0.25, -0.2) is 4.98 Å². The average molecular weight is 388 g/mol. The van der Waals surface area contributed by atoms with Gasteiger partial charge in [0, 0.05) is 37.2 Å². The predicted octanol–water partition coefficient (Wildman–Crippen LogP) is 3.99. The van der Waals surface area contributed by atoms with E-state index >= 15 is 0 Å². The van der Waals surface area contributed by atoms with E-state index in [1.165, 1.54) is 0 Å². The first-order chi connectivity index (χ1) is 12.8. The van der Waals surface area contributed by atoms with Crippen LogP contribution in [-0.4, -0.2) is 35.8 Å². The highest BCUT2D eigenvalue weighted by Crippen LogP contribution is 2.24. The van der Waals surface area contributed by atoms with Crippen LogP contribution in [0.15, 0.2) is 29.6 Å². The maximum atomic E-state index is 12.5. The molecule has 1 aromatic carbocycles. The molecule has 1 N–H and O–H groups in total. The summed E-state index contributed by atoms with van der Waals surface area (Å²) in [6, 6.07) is 7.43. The molecule has 0 aliphatic carbocycles. The van der Waals surface area contributed by atoms with Gasteiger partial charge in [0.1, 0.15) is 5.01 Å². The van der Waals surface area contributed by atoms with Gasteiger partial charge in [-0.3, -0.25) is 9.59 Å². The highest BCUT2D eigenvalue weighted by Gasteiger charge is 2.19. The largest absolute Gasteiger partial charge is 0.347 e. The third-order valence-corrected chi connectivity index (χ3v) is 5.30. The van der Waals surface area contributed by atoms with Crippen molar-refractivity contribution in [2.75, 3.05) is 14.1 Å². The number of rotatable bonds is 8.